The third-order valence-corrected chi connectivity index (χ3v) is 3.22. The predicted octanol–water partition coefficient (Wildman–Crippen LogP) is 1.12. The van der Waals surface area contributed by atoms with E-state index in [4.69, 9.17) is 9.63 Å². The van der Waals surface area contributed by atoms with Crippen molar-refractivity contribution in [3.8, 4) is 0 Å². The highest BCUT2D eigenvalue weighted by Crippen LogP contribution is 2.18. The van der Waals surface area contributed by atoms with Crippen LogP contribution in [0.4, 0.5) is 15.5 Å². The summed E-state index contributed by atoms with van der Waals surface area (Å²) < 4.78 is 5.00. The number of rotatable bonds is 1. The van der Waals surface area contributed by atoms with Crippen LogP contribution in [0.3, 0.4) is 0 Å². The van der Waals surface area contributed by atoms with Gasteiger partial charge in [-0.25, -0.2) is 9.59 Å². The Bertz CT molecular complexity index is 491. The lowest BCUT2D eigenvalue weighted by atomic mass is 10.3. The first kappa shape index (κ1) is 13.2. The Morgan fingerprint density at radius 3 is 2.26 bits per heavy atom. The van der Waals surface area contributed by atoms with Crippen molar-refractivity contribution < 1.29 is 19.2 Å². The van der Waals surface area contributed by atoms with Crippen LogP contribution >= 0.6 is 0 Å². The van der Waals surface area contributed by atoms with Crippen LogP contribution in [-0.2, 0) is 0 Å². The van der Waals surface area contributed by atoms with E-state index in [2.05, 4.69) is 10.5 Å². The summed E-state index contributed by atoms with van der Waals surface area (Å²) >= 11 is 0. The van der Waals surface area contributed by atoms with Gasteiger partial charge in [0.2, 0.25) is 5.88 Å². The van der Waals surface area contributed by atoms with Crippen LogP contribution in [0.2, 0.25) is 0 Å². The number of carbonyl (C=O) groups is 2. The van der Waals surface area contributed by atoms with Crippen molar-refractivity contribution in [2.75, 3.05) is 31.5 Å². The van der Waals surface area contributed by atoms with Gasteiger partial charge in [0.05, 0.1) is 5.69 Å². The number of piperazine rings is 1. The molecule has 0 spiro atoms. The number of hydrogen-bond donors (Lipinski definition) is 2. The molecule has 0 bridgehead atoms. The molecule has 0 aromatic carbocycles. The fourth-order valence-electron chi connectivity index (χ4n) is 1.81. The largest absolute Gasteiger partial charge is 0.465 e. The number of nitrogens with zero attached hydrogens (tertiary/aromatic N) is 3. The van der Waals surface area contributed by atoms with Crippen LogP contribution < -0.4 is 5.32 Å². The number of carboxylic acid groups (broad SMARTS) is 1. The molecule has 0 atom stereocenters. The molecule has 2 heterocycles. The normalized spacial score (nSPS) is 15.5. The molecule has 2 rings (SSSR count). The van der Waals surface area contributed by atoms with Crippen LogP contribution in [-0.4, -0.2) is 58.4 Å². The number of nitrogens with one attached hydrogen (secondary N) is 1. The van der Waals surface area contributed by atoms with Gasteiger partial charge in [-0.15, -0.1) is 0 Å². The highest BCUT2D eigenvalue weighted by molar-refractivity contribution is 5.88. The Hall–Kier alpha value is -2.25. The molecular formula is C11H16N4O4. The molecular weight excluding hydrogens is 252 g/mol. The van der Waals surface area contributed by atoms with Crippen molar-refractivity contribution in [1.82, 2.24) is 15.0 Å². The number of aryl methyl sites for hydroxylation is 1. The van der Waals surface area contributed by atoms with E-state index in [1.54, 1.807) is 11.8 Å². The van der Waals surface area contributed by atoms with Gasteiger partial charge in [0.15, 0.2) is 0 Å². The van der Waals surface area contributed by atoms with Gasteiger partial charge in [0, 0.05) is 31.7 Å². The van der Waals surface area contributed by atoms with E-state index < -0.39 is 6.09 Å². The minimum absolute atomic E-state index is 0.302. The van der Waals surface area contributed by atoms with Crippen molar-refractivity contribution in [2.24, 2.45) is 0 Å². The molecule has 1 aliphatic heterocycles. The third kappa shape index (κ3) is 2.78. The quantitative estimate of drug-likeness (QED) is 0.795. The maximum Gasteiger partial charge on any atom is 0.407 e. The molecule has 1 saturated heterocycles. The lowest BCUT2D eigenvalue weighted by Crippen LogP contribution is -2.51. The van der Waals surface area contributed by atoms with Gasteiger partial charge in [-0.05, 0) is 13.8 Å². The SMILES string of the molecule is Cc1noc(NC(=O)N2CCN(C(=O)O)CC2)c1C. The van der Waals surface area contributed by atoms with E-state index in [0.29, 0.717) is 32.1 Å². The lowest BCUT2D eigenvalue weighted by molar-refractivity contribution is 0.115. The molecule has 0 saturated carbocycles. The summed E-state index contributed by atoms with van der Waals surface area (Å²) in [4.78, 5) is 25.6. The second-order valence-corrected chi connectivity index (χ2v) is 4.41. The molecule has 0 aliphatic carbocycles. The highest BCUT2D eigenvalue weighted by atomic mass is 16.5. The molecule has 1 aliphatic rings. The summed E-state index contributed by atoms with van der Waals surface area (Å²) in [6.07, 6.45) is -0.957. The van der Waals surface area contributed by atoms with Crippen LogP contribution in [0, 0.1) is 13.8 Å². The fourth-order valence-corrected chi connectivity index (χ4v) is 1.81. The van der Waals surface area contributed by atoms with Gasteiger partial charge < -0.3 is 19.4 Å². The van der Waals surface area contributed by atoms with Crippen molar-refractivity contribution in [3.05, 3.63) is 11.3 Å². The molecule has 2 N–H and O–H groups in total. The van der Waals surface area contributed by atoms with Crippen molar-refractivity contribution in [2.45, 2.75) is 13.8 Å². The summed E-state index contributed by atoms with van der Waals surface area (Å²) in [6.45, 7) is 4.97. The van der Waals surface area contributed by atoms with Crippen molar-refractivity contribution in [3.63, 3.8) is 0 Å². The molecule has 8 nitrogen and oxygen atoms in total. The van der Waals surface area contributed by atoms with Crippen LogP contribution in [0.1, 0.15) is 11.3 Å². The molecule has 1 aromatic heterocycles. The van der Waals surface area contributed by atoms with Crippen molar-refractivity contribution in [1.29, 1.82) is 0 Å². The zero-order valence-electron chi connectivity index (χ0n) is 10.8. The van der Waals surface area contributed by atoms with E-state index in [1.807, 2.05) is 6.92 Å². The van der Waals surface area contributed by atoms with Gasteiger partial charge in [-0.2, -0.15) is 0 Å². The fraction of sp³-hybridized carbons (Fsp3) is 0.545. The van der Waals surface area contributed by atoms with E-state index >= 15 is 0 Å². The van der Waals surface area contributed by atoms with E-state index in [9.17, 15) is 9.59 Å². The second-order valence-electron chi connectivity index (χ2n) is 4.41. The third-order valence-electron chi connectivity index (χ3n) is 3.22. The minimum Gasteiger partial charge on any atom is -0.465 e. The Kier molecular flexibility index (Phi) is 3.59. The van der Waals surface area contributed by atoms with E-state index in [0.717, 1.165) is 11.3 Å². The molecule has 1 fully saturated rings. The molecule has 0 unspecified atom stereocenters. The van der Waals surface area contributed by atoms with Gasteiger partial charge in [-0.1, -0.05) is 5.16 Å². The Labute approximate surface area is 109 Å². The number of anilines is 1. The summed E-state index contributed by atoms with van der Waals surface area (Å²) in [5.41, 5.74) is 1.52. The zero-order valence-corrected chi connectivity index (χ0v) is 10.8. The summed E-state index contributed by atoms with van der Waals surface area (Å²) in [6, 6.07) is -0.302. The number of aromatic nitrogens is 1. The number of urea groups is 1. The Balaban J connectivity index is 1.91. The zero-order chi connectivity index (χ0) is 14.0. The summed E-state index contributed by atoms with van der Waals surface area (Å²) in [5, 5.41) is 15.2. The summed E-state index contributed by atoms with van der Waals surface area (Å²) in [5.74, 6) is 0.336. The minimum atomic E-state index is -0.957. The molecule has 0 radical (unpaired) electrons. The van der Waals surface area contributed by atoms with Crippen LogP contribution in [0.15, 0.2) is 4.52 Å². The first-order chi connectivity index (χ1) is 8.99. The van der Waals surface area contributed by atoms with Crippen molar-refractivity contribution >= 4 is 18.0 Å². The topological polar surface area (TPSA) is 98.9 Å². The standard InChI is InChI=1S/C11H16N4O4/c1-7-8(2)13-19-9(7)12-10(16)14-3-5-15(6-4-14)11(17)18/h3-6H2,1-2H3,(H,12,16)(H,17,18). The van der Waals surface area contributed by atoms with Gasteiger partial charge in [-0.3, -0.25) is 5.32 Å². The maximum atomic E-state index is 12.0. The lowest BCUT2D eigenvalue weighted by Gasteiger charge is -2.32. The number of hydrogen-bond acceptors (Lipinski definition) is 4. The van der Waals surface area contributed by atoms with Gasteiger partial charge in [0.25, 0.3) is 0 Å². The molecule has 104 valence electrons. The average molecular weight is 268 g/mol. The van der Waals surface area contributed by atoms with Crippen LogP contribution in [0.5, 0.6) is 0 Å². The molecule has 1 aromatic rings. The average Bonchev–Trinajstić information content (AvgIpc) is 2.71. The summed E-state index contributed by atoms with van der Waals surface area (Å²) in [7, 11) is 0. The smallest absolute Gasteiger partial charge is 0.407 e. The van der Waals surface area contributed by atoms with Crippen LogP contribution in [0.25, 0.3) is 0 Å². The monoisotopic (exact) mass is 268 g/mol. The first-order valence-electron chi connectivity index (χ1n) is 5.95. The maximum absolute atomic E-state index is 12.0. The Morgan fingerprint density at radius 2 is 1.79 bits per heavy atom. The predicted molar refractivity (Wildman–Crippen MR) is 66.2 cm³/mol. The van der Waals surface area contributed by atoms with Gasteiger partial charge >= 0.3 is 12.1 Å². The molecule has 8 heteroatoms. The molecule has 19 heavy (non-hydrogen) atoms. The number of carbonyl (C=O) groups excluding carboxylic acids is 1. The van der Waals surface area contributed by atoms with E-state index in [-0.39, 0.29) is 6.03 Å². The first-order valence-corrected chi connectivity index (χ1v) is 5.95. The molecule has 3 amide bonds. The highest BCUT2D eigenvalue weighted by Gasteiger charge is 2.24. The Morgan fingerprint density at radius 1 is 1.21 bits per heavy atom. The number of amides is 3. The second kappa shape index (κ2) is 5.17. The van der Waals surface area contributed by atoms with E-state index in [1.165, 1.54) is 4.90 Å². The van der Waals surface area contributed by atoms with Gasteiger partial charge in [0.1, 0.15) is 0 Å².